The molecule has 160 valence electrons. The van der Waals surface area contributed by atoms with Crippen LogP contribution in [0.1, 0.15) is 10.5 Å². The van der Waals surface area contributed by atoms with E-state index in [2.05, 4.69) is 4.98 Å². The van der Waals surface area contributed by atoms with Gasteiger partial charge in [0.05, 0.1) is 23.8 Å². The van der Waals surface area contributed by atoms with Gasteiger partial charge >= 0.3 is 0 Å². The molecule has 2 saturated heterocycles. The summed E-state index contributed by atoms with van der Waals surface area (Å²) >= 11 is 0.985. The van der Waals surface area contributed by atoms with Crippen LogP contribution >= 0.6 is 11.8 Å². The molecular formula is C20H19N5O5S. The fraction of sp³-hybridized carbons (Fsp3) is 0.350. The molecule has 3 aromatic rings. The van der Waals surface area contributed by atoms with Crippen molar-refractivity contribution in [2.75, 3.05) is 32.6 Å². The predicted molar refractivity (Wildman–Crippen MR) is 113 cm³/mol. The van der Waals surface area contributed by atoms with Crippen molar-refractivity contribution < 1.29 is 19.1 Å². The molecule has 31 heavy (non-hydrogen) atoms. The third-order valence-electron chi connectivity index (χ3n) is 5.61. The second-order valence-electron chi connectivity index (χ2n) is 7.44. The van der Waals surface area contributed by atoms with Gasteiger partial charge in [0.2, 0.25) is 5.91 Å². The van der Waals surface area contributed by atoms with Crippen molar-refractivity contribution in [3.05, 3.63) is 46.5 Å². The third-order valence-corrected chi connectivity index (χ3v) is 6.45. The van der Waals surface area contributed by atoms with E-state index in [4.69, 9.17) is 4.74 Å². The lowest BCUT2D eigenvalue weighted by atomic mass is 10.1. The van der Waals surface area contributed by atoms with Gasteiger partial charge in [0.1, 0.15) is 17.0 Å². The zero-order valence-electron chi connectivity index (χ0n) is 16.7. The normalized spacial score (nSPS) is 17.2. The Morgan fingerprint density at radius 2 is 2.06 bits per heavy atom. The molecule has 0 aliphatic carbocycles. The van der Waals surface area contributed by atoms with E-state index < -0.39 is 0 Å². The van der Waals surface area contributed by atoms with Crippen molar-refractivity contribution in [1.82, 2.24) is 23.8 Å². The van der Waals surface area contributed by atoms with Gasteiger partial charge in [0.25, 0.3) is 16.7 Å². The van der Waals surface area contributed by atoms with Gasteiger partial charge in [-0.3, -0.25) is 28.5 Å². The Labute approximate surface area is 180 Å². The lowest BCUT2D eigenvalue weighted by molar-refractivity contribution is -0.128. The highest BCUT2D eigenvalue weighted by Gasteiger charge is 2.44. The van der Waals surface area contributed by atoms with Crippen LogP contribution in [0.15, 0.2) is 35.3 Å². The van der Waals surface area contributed by atoms with Gasteiger partial charge in [-0.25, -0.2) is 4.98 Å². The minimum atomic E-state index is -0.304. The van der Waals surface area contributed by atoms with Crippen LogP contribution in [-0.2, 0) is 16.1 Å². The standard InChI is InChI=1S/C20H19N5O5S/c1-30-7-6-23-14(8-13-17(23)21-15-4-2-3-5-24(15)18(13)27)19(28)22-9-12(10-22)25-16(26)11-31-20(25)29/h2-5,8,12H,6-7,9-11H2,1H3. The molecule has 5 heterocycles. The number of carbonyl (C=O) groups excluding carboxylic acids is 3. The van der Waals surface area contributed by atoms with Gasteiger partial charge in [-0.05, 0) is 18.2 Å². The Morgan fingerprint density at radius 1 is 1.26 bits per heavy atom. The molecule has 11 heteroatoms. The number of pyridine rings is 1. The summed E-state index contributed by atoms with van der Waals surface area (Å²) in [6.07, 6.45) is 1.64. The Hall–Kier alpha value is -3.18. The van der Waals surface area contributed by atoms with Gasteiger partial charge in [0.15, 0.2) is 0 Å². The van der Waals surface area contributed by atoms with Crippen LogP contribution in [-0.4, -0.2) is 79.4 Å². The summed E-state index contributed by atoms with van der Waals surface area (Å²) in [5, 5.41) is 0.0849. The van der Waals surface area contributed by atoms with E-state index >= 15 is 0 Å². The number of hydrogen-bond donors (Lipinski definition) is 0. The number of amides is 3. The number of aromatic nitrogens is 3. The van der Waals surface area contributed by atoms with Gasteiger partial charge in [0, 0.05) is 32.9 Å². The van der Waals surface area contributed by atoms with Crippen molar-refractivity contribution in [2.24, 2.45) is 0 Å². The number of ether oxygens (including phenoxy) is 1. The van der Waals surface area contributed by atoms with Gasteiger partial charge in [-0.15, -0.1) is 0 Å². The van der Waals surface area contributed by atoms with E-state index in [-0.39, 0.29) is 47.5 Å². The first-order valence-corrected chi connectivity index (χ1v) is 10.8. The monoisotopic (exact) mass is 441 g/mol. The molecule has 5 rings (SSSR count). The SMILES string of the molecule is COCCn1c(C(=O)N2CC(N3C(=O)CSC3=O)C2)cc2c(=O)n3ccccc3nc21. The zero-order chi connectivity index (χ0) is 21.7. The highest BCUT2D eigenvalue weighted by Crippen LogP contribution is 2.28. The van der Waals surface area contributed by atoms with Crippen LogP contribution in [0.5, 0.6) is 0 Å². The average molecular weight is 441 g/mol. The predicted octanol–water partition coefficient (Wildman–Crippen LogP) is 0.815. The molecule has 0 unspecified atom stereocenters. The van der Waals surface area contributed by atoms with Crippen LogP contribution < -0.4 is 5.56 Å². The first-order chi connectivity index (χ1) is 15.0. The van der Waals surface area contributed by atoms with Gasteiger partial charge < -0.3 is 14.2 Å². The van der Waals surface area contributed by atoms with Crippen LogP contribution in [0.2, 0.25) is 0 Å². The number of likely N-dealkylation sites (tertiary alicyclic amines) is 1. The molecule has 0 saturated carbocycles. The zero-order valence-corrected chi connectivity index (χ0v) is 17.5. The number of methoxy groups -OCH3 is 1. The van der Waals surface area contributed by atoms with Crippen LogP contribution in [0, 0.1) is 0 Å². The molecule has 0 spiro atoms. The Balaban J connectivity index is 1.50. The van der Waals surface area contributed by atoms with Crippen molar-refractivity contribution in [2.45, 2.75) is 12.6 Å². The summed E-state index contributed by atoms with van der Waals surface area (Å²) in [5.41, 5.74) is 0.996. The Kier molecular flexibility index (Phi) is 4.78. The third kappa shape index (κ3) is 3.12. The topological polar surface area (TPSA) is 106 Å². The fourth-order valence-corrected chi connectivity index (χ4v) is 4.78. The maximum atomic E-state index is 13.2. The highest BCUT2D eigenvalue weighted by atomic mass is 32.2. The largest absolute Gasteiger partial charge is 0.383 e. The maximum absolute atomic E-state index is 13.2. The van der Waals surface area contributed by atoms with E-state index in [1.54, 1.807) is 47.0 Å². The molecule has 0 radical (unpaired) electrons. The van der Waals surface area contributed by atoms with Crippen molar-refractivity contribution in [3.8, 4) is 0 Å². The second kappa shape index (κ2) is 7.50. The number of fused-ring (bicyclic) bond motifs is 2. The highest BCUT2D eigenvalue weighted by molar-refractivity contribution is 8.14. The molecule has 0 N–H and O–H groups in total. The summed E-state index contributed by atoms with van der Waals surface area (Å²) in [6.45, 7) is 1.25. The van der Waals surface area contributed by atoms with E-state index in [0.717, 1.165) is 11.8 Å². The number of carbonyl (C=O) groups is 3. The first-order valence-electron chi connectivity index (χ1n) is 9.77. The molecule has 0 bridgehead atoms. The molecule has 2 aliphatic rings. The lowest BCUT2D eigenvalue weighted by Crippen LogP contribution is -2.62. The molecular weight excluding hydrogens is 422 g/mol. The number of hydrogen-bond acceptors (Lipinski definition) is 7. The van der Waals surface area contributed by atoms with Crippen LogP contribution in [0.3, 0.4) is 0 Å². The Bertz CT molecular complexity index is 1280. The minimum Gasteiger partial charge on any atom is -0.383 e. The van der Waals surface area contributed by atoms with Gasteiger partial charge in [-0.1, -0.05) is 17.8 Å². The van der Waals surface area contributed by atoms with Gasteiger partial charge in [-0.2, -0.15) is 0 Å². The molecule has 10 nitrogen and oxygen atoms in total. The van der Waals surface area contributed by atoms with Crippen molar-refractivity contribution >= 4 is 45.5 Å². The summed E-state index contributed by atoms with van der Waals surface area (Å²) in [4.78, 5) is 57.5. The van der Waals surface area contributed by atoms with Crippen molar-refractivity contribution in [3.63, 3.8) is 0 Å². The quantitative estimate of drug-likeness (QED) is 0.577. The number of imide groups is 1. The second-order valence-corrected chi connectivity index (χ2v) is 8.37. The smallest absolute Gasteiger partial charge is 0.289 e. The molecule has 2 fully saturated rings. The van der Waals surface area contributed by atoms with Crippen molar-refractivity contribution in [1.29, 1.82) is 0 Å². The van der Waals surface area contributed by atoms with Crippen LogP contribution in [0.4, 0.5) is 4.79 Å². The number of nitrogens with zero attached hydrogens (tertiary/aromatic N) is 5. The maximum Gasteiger partial charge on any atom is 0.289 e. The summed E-state index contributed by atoms with van der Waals surface area (Å²) < 4.78 is 8.33. The summed E-state index contributed by atoms with van der Waals surface area (Å²) in [7, 11) is 1.56. The number of thioether (sulfide) groups is 1. The molecule has 0 aromatic carbocycles. The molecule has 0 atom stereocenters. The number of rotatable bonds is 5. The van der Waals surface area contributed by atoms with Crippen LogP contribution in [0.25, 0.3) is 16.7 Å². The molecule has 2 aliphatic heterocycles. The van der Waals surface area contributed by atoms with E-state index in [1.165, 1.54) is 9.30 Å². The fourth-order valence-electron chi connectivity index (χ4n) is 4.00. The summed E-state index contributed by atoms with van der Waals surface area (Å²) in [6, 6.07) is 6.54. The molecule has 3 aromatic heterocycles. The lowest BCUT2D eigenvalue weighted by Gasteiger charge is -2.42. The summed E-state index contributed by atoms with van der Waals surface area (Å²) in [5.74, 6) is -0.340. The minimum absolute atomic E-state index is 0.151. The molecule has 3 amide bonds. The van der Waals surface area contributed by atoms with E-state index in [1.807, 2.05) is 0 Å². The van der Waals surface area contributed by atoms with E-state index in [9.17, 15) is 19.2 Å². The first kappa shape index (κ1) is 19.8. The van der Waals surface area contributed by atoms with E-state index in [0.29, 0.717) is 35.5 Å². The average Bonchev–Trinajstić information content (AvgIpc) is 3.26. The Morgan fingerprint density at radius 3 is 2.77 bits per heavy atom.